The van der Waals surface area contributed by atoms with Gasteiger partial charge in [0.15, 0.2) is 0 Å². The smallest absolute Gasteiger partial charge is 0.131 e. The normalized spacial score (nSPS) is 17.2. The maximum Gasteiger partial charge on any atom is 0.131 e. The van der Waals surface area contributed by atoms with Gasteiger partial charge in [0.1, 0.15) is 11.5 Å². The standard InChI is InChI=1S/C24H26O.C15H24O.C10H15N.C10H12.C6H3Cl2N.C6H8N.C5H10.C4H4N.Mo.W/c1-14-10-16(3)22(17(4)11-14)20-8-7-9-21(24(20)25)23-18(5)12-15(2)13-19(23)6;1-10-8-11(14(2,3)4)13(16)12(9-10)15(5,6)7;11-10-4-7-1-8(5-10)3-9(2-7)6-10;1-10(2,3)9-7-5-4-6-8-9;7-4-2-1-3-5(8)6(4)9;1-5-3-4-6(2)7-5;1-5(2,3)4;1-2-4-5-3-1;;/h7-13,25H,1-6H3;8-9,16H,1-7H3;7-9H,1-6H2;1,4-8H,2-3H3;1-3H;3-4H,1-2H3;1H,2-4H3;1-4H;;/q;;;;;-1;;-1;;. The van der Waals surface area contributed by atoms with Crippen molar-refractivity contribution in [2.24, 2.45) is 30.2 Å². The van der Waals surface area contributed by atoms with E-state index in [9.17, 15) is 10.2 Å². The Morgan fingerprint density at radius 2 is 0.933 bits per heavy atom. The molecule has 2 N–H and O–H groups in total. The number of para-hydroxylation sites is 1. The number of nitrogens with zero attached hydrogens (tertiary/aromatic N) is 4. The van der Waals surface area contributed by atoms with Gasteiger partial charge in [0.25, 0.3) is 0 Å². The second kappa shape index (κ2) is 32.1. The van der Waals surface area contributed by atoms with Crippen LogP contribution in [0.2, 0.25) is 10.0 Å². The van der Waals surface area contributed by atoms with E-state index in [2.05, 4.69) is 214 Å². The molecule has 4 bridgehead atoms. The number of hydrogen-bond acceptors (Lipinski definition) is 4. The van der Waals surface area contributed by atoms with Crippen molar-refractivity contribution in [2.45, 2.75) is 199 Å². The largest absolute Gasteiger partial charge is 0.670 e. The van der Waals surface area contributed by atoms with E-state index in [1.165, 1.54) is 83.0 Å². The van der Waals surface area contributed by atoms with Gasteiger partial charge < -0.3 is 20.2 Å². The summed E-state index contributed by atoms with van der Waals surface area (Å²) in [6.45, 7) is 42.8. The molecular weight excluding hydrogens is 1400 g/mol. The molecule has 12 rings (SSSR count). The summed E-state index contributed by atoms with van der Waals surface area (Å²) in [5, 5.41) is 22.8. The van der Waals surface area contributed by atoms with Gasteiger partial charge in [-0.25, -0.2) is 0 Å². The van der Waals surface area contributed by atoms with Crippen molar-refractivity contribution in [2.75, 3.05) is 0 Å². The first-order valence-corrected chi connectivity index (χ1v) is 37.7. The molecule has 4 fully saturated rings. The van der Waals surface area contributed by atoms with Crippen LogP contribution in [-0.4, -0.2) is 24.6 Å². The molecule has 0 unspecified atom stereocenters. The van der Waals surface area contributed by atoms with Gasteiger partial charge in [0, 0.05) is 11.1 Å². The molecule has 0 saturated heterocycles. The third-order valence-electron chi connectivity index (χ3n) is 16.8. The van der Waals surface area contributed by atoms with Gasteiger partial charge in [-0.15, -0.1) is 0 Å². The van der Waals surface area contributed by atoms with Gasteiger partial charge in [0.05, 0.1) is 0 Å². The maximum atomic E-state index is 11.1. The molecule has 482 valence electrons. The van der Waals surface area contributed by atoms with E-state index in [1.54, 1.807) is 12.4 Å². The minimum Gasteiger partial charge on any atom is -0.670 e. The number of aromatic hydroxyl groups is 2. The first-order valence-electron chi connectivity index (χ1n) is 31.9. The van der Waals surface area contributed by atoms with Crippen LogP contribution in [0.25, 0.3) is 22.3 Å². The van der Waals surface area contributed by atoms with Crippen molar-refractivity contribution in [3.05, 3.63) is 217 Å². The second-order valence-corrected chi connectivity index (χ2v) is 33.9. The van der Waals surface area contributed by atoms with Gasteiger partial charge in [-0.3, -0.25) is 0 Å². The Hall–Kier alpha value is -5.22. The number of halogens is 2. The third-order valence-corrected chi connectivity index (χ3v) is 24.3. The second-order valence-electron chi connectivity index (χ2n) is 29.3. The van der Waals surface area contributed by atoms with Gasteiger partial charge in [-0.2, -0.15) is 23.8 Å². The molecule has 0 atom stereocenters. The summed E-state index contributed by atoms with van der Waals surface area (Å²) in [6.07, 6.45) is 12.3. The van der Waals surface area contributed by atoms with Crippen LogP contribution >= 0.6 is 23.2 Å². The monoisotopic (exact) mass is 1500 g/mol. The SMILES string of the molecule is CC(C)(C)[CH]=[W]=[N]c1c(Cl)cccc1Cl.CC(C)([CH]=[Mo]=[N]C12CC3CC(CC(C3)C1)C2)c1ccccc1.Cc1cc(C(C)(C)C)c(O)c(C(C)(C)C)c1.Cc1cc(C)c(-c2cccc(-c3c(C)cc(C)cc3C)c2O)c(C)c1.Cc1ccc(C)[n-]1.c1cc[n-]c1. The van der Waals surface area contributed by atoms with Crippen molar-refractivity contribution < 1.29 is 46.1 Å². The van der Waals surface area contributed by atoms with E-state index in [1.807, 2.05) is 74.5 Å². The predicted molar refractivity (Wildman–Crippen MR) is 380 cm³/mol. The number of benzene rings is 6. The van der Waals surface area contributed by atoms with Crippen molar-refractivity contribution in [3.8, 4) is 33.8 Å². The average molecular weight is 1500 g/mol. The minimum absolute atomic E-state index is 0.0178. The summed E-state index contributed by atoms with van der Waals surface area (Å²) in [6, 6.07) is 43.2. The van der Waals surface area contributed by atoms with Crippen LogP contribution in [-0.2, 0) is 52.1 Å². The maximum absolute atomic E-state index is 11.1. The topological polar surface area (TPSA) is 93.4 Å². The fourth-order valence-electron chi connectivity index (χ4n) is 13.1. The van der Waals surface area contributed by atoms with Crippen molar-refractivity contribution in [1.29, 1.82) is 0 Å². The summed E-state index contributed by atoms with van der Waals surface area (Å²) in [4.78, 5) is 7.83. The molecule has 6 nitrogen and oxygen atoms in total. The molecule has 6 aromatic carbocycles. The van der Waals surface area contributed by atoms with Crippen molar-refractivity contribution >= 4 is 37.7 Å². The summed E-state index contributed by atoms with van der Waals surface area (Å²) in [7, 11) is 0. The first-order chi connectivity index (χ1) is 42.1. The number of hydrogen-bond donors (Lipinski definition) is 2. The molecule has 2 heterocycles. The predicted octanol–water partition coefficient (Wildman–Crippen LogP) is 22.5. The Bertz CT molecular complexity index is 3560. The Balaban J connectivity index is 0.000000182. The number of phenols is 2. The summed E-state index contributed by atoms with van der Waals surface area (Å²) in [5.41, 5.74) is 19.9. The van der Waals surface area contributed by atoms with E-state index >= 15 is 0 Å². The number of aromatic nitrogens is 2. The zero-order chi connectivity index (χ0) is 66.5. The molecule has 90 heavy (non-hydrogen) atoms. The van der Waals surface area contributed by atoms with E-state index in [0.717, 1.165) is 68.2 Å². The van der Waals surface area contributed by atoms with Gasteiger partial charge >= 0.3 is 252 Å². The van der Waals surface area contributed by atoms with E-state index in [0.29, 0.717) is 27.1 Å². The molecule has 4 aliphatic rings. The third kappa shape index (κ3) is 21.4. The molecule has 8 aromatic rings. The molecule has 0 aliphatic heterocycles. The van der Waals surface area contributed by atoms with E-state index < -0.39 is 17.9 Å². The zero-order valence-corrected chi connectivity index (χ0v) is 64.1. The van der Waals surface area contributed by atoms with Crippen LogP contribution < -0.4 is 9.97 Å². The number of phenolic OH excluding ortho intramolecular Hbond substituents is 2. The zero-order valence-electron chi connectivity index (χ0n) is 57.7. The Kier molecular flexibility index (Phi) is 26.3. The molecule has 4 saturated carbocycles. The van der Waals surface area contributed by atoms with E-state index in [4.69, 9.17) is 26.7 Å². The minimum atomic E-state index is -0.850. The quantitative estimate of drug-likeness (QED) is 0.162. The Morgan fingerprint density at radius 3 is 1.30 bits per heavy atom. The Morgan fingerprint density at radius 1 is 0.522 bits per heavy atom. The van der Waals surface area contributed by atoms with Gasteiger partial charge in [-0.1, -0.05) is 151 Å². The Labute approximate surface area is 568 Å². The van der Waals surface area contributed by atoms with Crippen LogP contribution in [0.15, 0.2) is 147 Å². The van der Waals surface area contributed by atoms with Crippen LogP contribution in [0.3, 0.4) is 0 Å². The number of aryl methyl sites for hydroxylation is 9. The molecule has 0 radical (unpaired) electrons. The summed E-state index contributed by atoms with van der Waals surface area (Å²) < 4.78 is 14.8. The summed E-state index contributed by atoms with van der Waals surface area (Å²) in [5.74, 6) is 3.89. The van der Waals surface area contributed by atoms with Crippen LogP contribution in [0, 0.1) is 85.5 Å². The average Bonchev–Trinajstić information content (AvgIpc) is 1.75. The molecule has 2 aromatic heterocycles. The van der Waals surface area contributed by atoms with Crippen LogP contribution in [0.4, 0.5) is 5.69 Å². The molecular formula is C80H102Cl2MoN4O2W-2. The first kappa shape index (κ1) is 73.8. The number of rotatable bonds is 6. The van der Waals surface area contributed by atoms with Crippen molar-refractivity contribution in [1.82, 2.24) is 9.97 Å². The summed E-state index contributed by atoms with van der Waals surface area (Å²) >= 11 is 10.8. The fourth-order valence-corrected chi connectivity index (χ4v) is 18.6. The van der Waals surface area contributed by atoms with Gasteiger partial charge in [0.2, 0.25) is 0 Å². The van der Waals surface area contributed by atoms with Gasteiger partial charge in [-0.05, 0) is 104 Å². The van der Waals surface area contributed by atoms with Crippen molar-refractivity contribution in [3.63, 3.8) is 0 Å². The molecule has 0 spiro atoms. The van der Waals surface area contributed by atoms with Crippen LogP contribution in [0.5, 0.6) is 11.5 Å². The van der Waals surface area contributed by atoms with Crippen LogP contribution in [0.1, 0.15) is 182 Å². The molecule has 10 heteroatoms. The van der Waals surface area contributed by atoms with E-state index in [-0.39, 0.29) is 39.6 Å². The fraction of sp³-hybridized carbons (Fsp3) is 0.425. The molecule has 4 aliphatic carbocycles. The molecule has 0 amide bonds.